The Morgan fingerprint density at radius 1 is 1.18 bits per heavy atom. The van der Waals surface area contributed by atoms with Crippen LogP contribution in [0, 0.1) is 32.1 Å². The zero-order valence-electron chi connectivity index (χ0n) is 13.4. The molecule has 0 radical (unpaired) electrons. The second kappa shape index (κ2) is 6.44. The van der Waals surface area contributed by atoms with Gasteiger partial charge < -0.3 is 4.74 Å². The molecule has 0 unspecified atom stereocenters. The predicted molar refractivity (Wildman–Crippen MR) is 86.1 cm³/mol. The van der Waals surface area contributed by atoms with E-state index in [1.54, 1.807) is 25.1 Å². The van der Waals surface area contributed by atoms with Gasteiger partial charge in [-0.25, -0.2) is 0 Å². The monoisotopic (exact) mass is 293 g/mol. The van der Waals surface area contributed by atoms with Crippen LogP contribution in [0.4, 0.5) is 0 Å². The summed E-state index contributed by atoms with van der Waals surface area (Å²) in [5, 5.41) is 8.92. The zero-order valence-corrected chi connectivity index (χ0v) is 13.4. The van der Waals surface area contributed by atoms with Gasteiger partial charge in [0.05, 0.1) is 11.6 Å². The average Bonchev–Trinajstić information content (AvgIpc) is 2.46. The van der Waals surface area contributed by atoms with E-state index in [2.05, 4.69) is 6.07 Å². The molecule has 2 aromatic carbocycles. The Bertz CT molecular complexity index is 770. The summed E-state index contributed by atoms with van der Waals surface area (Å²) in [7, 11) is 0. The van der Waals surface area contributed by atoms with Crippen molar-refractivity contribution in [2.24, 2.45) is 0 Å². The third-order valence-corrected chi connectivity index (χ3v) is 3.83. The number of benzene rings is 2. The van der Waals surface area contributed by atoms with Crippen molar-refractivity contribution >= 4 is 5.78 Å². The lowest BCUT2D eigenvalue weighted by Gasteiger charge is -2.16. The molecule has 2 rings (SSSR count). The minimum atomic E-state index is 0.0720. The number of rotatable bonds is 4. The number of ketones is 1. The number of hydrogen-bond donors (Lipinski definition) is 0. The molecule has 112 valence electrons. The number of hydrogen-bond acceptors (Lipinski definition) is 3. The fourth-order valence-corrected chi connectivity index (χ4v) is 2.80. The van der Waals surface area contributed by atoms with Gasteiger partial charge in [0.25, 0.3) is 0 Å². The van der Waals surface area contributed by atoms with E-state index < -0.39 is 0 Å². The van der Waals surface area contributed by atoms with Crippen molar-refractivity contribution in [1.29, 1.82) is 5.26 Å². The van der Waals surface area contributed by atoms with Gasteiger partial charge >= 0.3 is 0 Å². The number of nitrogens with zero attached hydrogens (tertiary/aromatic N) is 1. The molecule has 0 amide bonds. The lowest BCUT2D eigenvalue weighted by molar-refractivity contribution is 0.101. The van der Waals surface area contributed by atoms with Crippen molar-refractivity contribution < 1.29 is 9.53 Å². The van der Waals surface area contributed by atoms with Gasteiger partial charge in [0, 0.05) is 5.56 Å². The second-order valence-electron chi connectivity index (χ2n) is 5.47. The number of Topliss-reactive ketones (excluding diaryl/α,β-unsaturated/α-hetero) is 1. The number of carbonyl (C=O) groups is 1. The minimum Gasteiger partial charge on any atom is -0.489 e. The third-order valence-electron chi connectivity index (χ3n) is 3.83. The van der Waals surface area contributed by atoms with Gasteiger partial charge in [-0.2, -0.15) is 5.26 Å². The Hall–Kier alpha value is -2.60. The van der Waals surface area contributed by atoms with Crippen LogP contribution < -0.4 is 4.74 Å². The van der Waals surface area contributed by atoms with Crippen LogP contribution in [0.3, 0.4) is 0 Å². The molecule has 0 aromatic heterocycles. The zero-order chi connectivity index (χ0) is 16.3. The van der Waals surface area contributed by atoms with Gasteiger partial charge in [-0.3, -0.25) is 4.79 Å². The Balaban J connectivity index is 2.32. The van der Waals surface area contributed by atoms with Gasteiger partial charge in [-0.15, -0.1) is 0 Å². The third kappa shape index (κ3) is 3.17. The fourth-order valence-electron chi connectivity index (χ4n) is 2.80. The van der Waals surface area contributed by atoms with E-state index >= 15 is 0 Å². The highest BCUT2D eigenvalue weighted by molar-refractivity contribution is 5.97. The van der Waals surface area contributed by atoms with Gasteiger partial charge in [-0.1, -0.05) is 12.1 Å². The Morgan fingerprint density at radius 3 is 2.55 bits per heavy atom. The first-order chi connectivity index (χ1) is 10.4. The lowest BCUT2D eigenvalue weighted by Crippen LogP contribution is -2.08. The fraction of sp³-hybridized carbons (Fsp3) is 0.263. The summed E-state index contributed by atoms with van der Waals surface area (Å²) in [4.78, 5) is 11.8. The topological polar surface area (TPSA) is 50.1 Å². The molecule has 22 heavy (non-hydrogen) atoms. The highest BCUT2D eigenvalue weighted by Crippen LogP contribution is 2.24. The number of carbonyl (C=O) groups excluding carboxylic acids is 1. The van der Waals surface area contributed by atoms with Gasteiger partial charge in [-0.05, 0) is 68.1 Å². The van der Waals surface area contributed by atoms with E-state index in [1.807, 2.05) is 32.9 Å². The lowest BCUT2D eigenvalue weighted by atomic mass is 9.92. The van der Waals surface area contributed by atoms with Crippen molar-refractivity contribution in [1.82, 2.24) is 0 Å². The van der Waals surface area contributed by atoms with Crippen molar-refractivity contribution in [3.05, 3.63) is 63.7 Å². The SMILES string of the molecule is CC(=O)c1c(C)cc(C)c(COc2cccc(C#N)c2)c1C. The van der Waals surface area contributed by atoms with Gasteiger partial charge in [0.15, 0.2) is 5.78 Å². The molecule has 0 N–H and O–H groups in total. The quantitative estimate of drug-likeness (QED) is 0.791. The van der Waals surface area contributed by atoms with Crippen LogP contribution in [-0.2, 0) is 6.61 Å². The summed E-state index contributed by atoms with van der Waals surface area (Å²) < 4.78 is 5.81. The van der Waals surface area contributed by atoms with E-state index in [-0.39, 0.29) is 5.78 Å². The van der Waals surface area contributed by atoms with Crippen LogP contribution in [-0.4, -0.2) is 5.78 Å². The van der Waals surface area contributed by atoms with Gasteiger partial charge in [0.2, 0.25) is 0 Å². The van der Waals surface area contributed by atoms with Crippen LogP contribution in [0.15, 0.2) is 30.3 Å². The van der Waals surface area contributed by atoms with Crippen molar-refractivity contribution in [3.8, 4) is 11.8 Å². The summed E-state index contributed by atoms with van der Waals surface area (Å²) in [6.07, 6.45) is 0. The minimum absolute atomic E-state index is 0.0720. The molecule has 0 aliphatic heterocycles. The molecule has 3 nitrogen and oxygen atoms in total. The summed E-state index contributed by atoms with van der Waals surface area (Å²) >= 11 is 0. The van der Waals surface area contributed by atoms with Gasteiger partial charge in [0.1, 0.15) is 12.4 Å². The van der Waals surface area contributed by atoms with Crippen molar-refractivity contribution in [2.75, 3.05) is 0 Å². The molecule has 0 spiro atoms. The molecular formula is C19H19NO2. The standard InChI is InChI=1S/C19H19NO2/c1-12-8-13(2)19(15(4)21)14(3)18(12)11-22-17-7-5-6-16(9-17)10-20/h5-9H,11H2,1-4H3. The Labute approximate surface area is 131 Å². The van der Waals surface area contributed by atoms with Crippen LogP contribution in [0.2, 0.25) is 0 Å². The normalized spacial score (nSPS) is 10.1. The molecule has 0 saturated heterocycles. The van der Waals surface area contributed by atoms with E-state index in [0.717, 1.165) is 27.8 Å². The summed E-state index contributed by atoms with van der Waals surface area (Å²) in [6.45, 7) is 7.91. The Kier molecular flexibility index (Phi) is 4.62. The van der Waals surface area contributed by atoms with Crippen LogP contribution in [0.1, 0.15) is 45.1 Å². The molecule has 3 heteroatoms. The highest BCUT2D eigenvalue weighted by Gasteiger charge is 2.14. The largest absolute Gasteiger partial charge is 0.489 e. The van der Waals surface area contributed by atoms with E-state index in [4.69, 9.17) is 10.00 Å². The second-order valence-corrected chi connectivity index (χ2v) is 5.47. The Morgan fingerprint density at radius 2 is 1.91 bits per heavy atom. The average molecular weight is 293 g/mol. The smallest absolute Gasteiger partial charge is 0.160 e. The molecular weight excluding hydrogens is 274 g/mol. The summed E-state index contributed by atoms with van der Waals surface area (Å²) in [5.74, 6) is 0.727. The van der Waals surface area contributed by atoms with Crippen LogP contribution >= 0.6 is 0 Å². The molecule has 0 heterocycles. The number of aryl methyl sites for hydroxylation is 2. The number of nitriles is 1. The van der Waals surface area contributed by atoms with Crippen molar-refractivity contribution in [3.63, 3.8) is 0 Å². The molecule has 0 fully saturated rings. The first-order valence-electron chi connectivity index (χ1n) is 7.17. The summed E-state index contributed by atoms with van der Waals surface area (Å²) in [6, 6.07) is 11.2. The first kappa shape index (κ1) is 15.8. The molecule has 2 aromatic rings. The molecule has 0 saturated carbocycles. The van der Waals surface area contributed by atoms with E-state index in [9.17, 15) is 4.79 Å². The maximum atomic E-state index is 11.8. The molecule has 0 atom stereocenters. The summed E-state index contributed by atoms with van der Waals surface area (Å²) in [5.41, 5.74) is 5.45. The predicted octanol–water partition coefficient (Wildman–Crippen LogP) is 4.27. The molecule has 0 aliphatic rings. The maximum absolute atomic E-state index is 11.8. The molecule has 0 aliphatic carbocycles. The maximum Gasteiger partial charge on any atom is 0.160 e. The van der Waals surface area contributed by atoms with Crippen molar-refractivity contribution in [2.45, 2.75) is 34.3 Å². The highest BCUT2D eigenvalue weighted by atomic mass is 16.5. The van der Waals surface area contributed by atoms with E-state index in [1.165, 1.54) is 0 Å². The van der Waals surface area contributed by atoms with Crippen LogP contribution in [0.5, 0.6) is 5.75 Å². The first-order valence-corrected chi connectivity index (χ1v) is 7.17. The number of ether oxygens (including phenoxy) is 1. The molecule has 0 bridgehead atoms. The van der Waals surface area contributed by atoms with E-state index in [0.29, 0.717) is 17.9 Å². The van der Waals surface area contributed by atoms with Crippen LogP contribution in [0.25, 0.3) is 0 Å².